The first-order chi connectivity index (χ1) is 13.4. The summed E-state index contributed by atoms with van der Waals surface area (Å²) in [5.41, 5.74) is 2.60. The molecule has 0 fully saturated rings. The molecule has 0 unspecified atom stereocenters. The lowest BCUT2D eigenvalue weighted by atomic mass is 10.2. The second kappa shape index (κ2) is 9.20. The third kappa shape index (κ3) is 5.10. The van der Waals surface area contributed by atoms with Crippen LogP contribution in [0.3, 0.4) is 0 Å². The largest absolute Gasteiger partial charge is 0.486 e. The fraction of sp³-hybridized carbons (Fsp3) is 0.0952. The first-order valence-corrected chi connectivity index (χ1v) is 9.49. The highest BCUT2D eigenvalue weighted by atomic mass is 35.5. The molecule has 3 aromatic rings. The average molecular weight is 437 g/mol. The minimum Gasteiger partial charge on any atom is -0.486 e. The predicted molar refractivity (Wildman–Crippen MR) is 113 cm³/mol. The molecule has 0 aliphatic rings. The van der Waals surface area contributed by atoms with Crippen LogP contribution >= 0.6 is 34.8 Å². The molecule has 4 nitrogen and oxygen atoms in total. The molecule has 7 heteroatoms. The van der Waals surface area contributed by atoms with Gasteiger partial charge in [-0.05, 0) is 41.5 Å². The maximum atomic E-state index is 11.0. The topological polar surface area (TPSA) is 58.6 Å². The van der Waals surface area contributed by atoms with Crippen LogP contribution in [-0.4, -0.2) is 11.1 Å². The van der Waals surface area contributed by atoms with E-state index in [0.29, 0.717) is 34.6 Å². The van der Waals surface area contributed by atoms with Crippen molar-refractivity contribution in [3.63, 3.8) is 0 Å². The minimum atomic E-state index is -1.07. The van der Waals surface area contributed by atoms with E-state index in [1.54, 1.807) is 24.3 Å². The summed E-state index contributed by atoms with van der Waals surface area (Å²) < 4.78 is 5.77. The number of halogens is 3. The van der Waals surface area contributed by atoms with Crippen LogP contribution in [0.2, 0.25) is 15.1 Å². The number of benzene rings is 3. The Labute approximate surface area is 177 Å². The first-order valence-electron chi connectivity index (χ1n) is 8.35. The zero-order chi connectivity index (χ0) is 20.1. The van der Waals surface area contributed by atoms with Gasteiger partial charge in [0.2, 0.25) is 0 Å². The number of aromatic carboxylic acids is 1. The molecule has 3 rings (SSSR count). The van der Waals surface area contributed by atoms with Gasteiger partial charge in [-0.15, -0.1) is 0 Å². The van der Waals surface area contributed by atoms with Crippen molar-refractivity contribution >= 4 is 46.5 Å². The number of rotatable bonds is 7. The summed E-state index contributed by atoms with van der Waals surface area (Å²) in [6, 6.07) is 17.9. The quantitative estimate of drug-likeness (QED) is 0.442. The summed E-state index contributed by atoms with van der Waals surface area (Å²) in [6.45, 7) is 0.799. The summed E-state index contributed by atoms with van der Waals surface area (Å²) >= 11 is 18.7. The Morgan fingerprint density at radius 2 is 1.57 bits per heavy atom. The van der Waals surface area contributed by atoms with Gasteiger partial charge in [0, 0.05) is 12.2 Å². The fourth-order valence-electron chi connectivity index (χ4n) is 2.58. The molecule has 3 aromatic carbocycles. The van der Waals surface area contributed by atoms with Crippen molar-refractivity contribution in [2.45, 2.75) is 13.2 Å². The fourth-order valence-corrected chi connectivity index (χ4v) is 3.49. The number of anilines is 1. The highest BCUT2D eigenvalue weighted by Gasteiger charge is 2.12. The van der Waals surface area contributed by atoms with Crippen molar-refractivity contribution in [2.24, 2.45) is 0 Å². The normalized spacial score (nSPS) is 10.5. The molecule has 2 N–H and O–H groups in total. The molecule has 28 heavy (non-hydrogen) atoms. The molecule has 0 saturated carbocycles. The van der Waals surface area contributed by atoms with Crippen LogP contribution in [0.25, 0.3) is 0 Å². The molecule has 0 spiro atoms. The predicted octanol–water partition coefficient (Wildman–Crippen LogP) is 6.54. The number of carbonyl (C=O) groups is 1. The summed E-state index contributed by atoms with van der Waals surface area (Å²) in [4.78, 5) is 11.0. The molecular weight excluding hydrogens is 421 g/mol. The van der Waals surface area contributed by atoms with Crippen molar-refractivity contribution in [3.8, 4) is 5.75 Å². The second-order valence-electron chi connectivity index (χ2n) is 6.02. The van der Waals surface area contributed by atoms with Crippen LogP contribution in [0.5, 0.6) is 5.75 Å². The molecule has 0 aliphatic carbocycles. The van der Waals surface area contributed by atoms with Gasteiger partial charge in [-0.1, -0.05) is 65.1 Å². The number of carboxylic acids is 1. The highest BCUT2D eigenvalue weighted by molar-refractivity contribution is 6.37. The van der Waals surface area contributed by atoms with Gasteiger partial charge in [-0.2, -0.15) is 0 Å². The van der Waals surface area contributed by atoms with E-state index in [-0.39, 0.29) is 10.6 Å². The van der Waals surface area contributed by atoms with Gasteiger partial charge in [-0.3, -0.25) is 0 Å². The molecule has 0 aliphatic heterocycles. The molecule has 0 amide bonds. The molecule has 0 radical (unpaired) electrons. The van der Waals surface area contributed by atoms with Gasteiger partial charge in [0.05, 0.1) is 20.6 Å². The smallest absolute Gasteiger partial charge is 0.337 e. The van der Waals surface area contributed by atoms with Gasteiger partial charge in [-0.25, -0.2) is 4.79 Å². The van der Waals surface area contributed by atoms with Crippen LogP contribution in [0.1, 0.15) is 21.5 Å². The summed E-state index contributed by atoms with van der Waals surface area (Å²) in [7, 11) is 0. The molecule has 0 aromatic heterocycles. The molecule has 0 bridgehead atoms. The third-order valence-corrected chi connectivity index (χ3v) is 4.85. The lowest BCUT2D eigenvalue weighted by Gasteiger charge is -2.13. The average Bonchev–Trinajstić information content (AvgIpc) is 2.66. The van der Waals surface area contributed by atoms with Crippen LogP contribution in [-0.2, 0) is 13.2 Å². The van der Waals surface area contributed by atoms with Crippen molar-refractivity contribution in [2.75, 3.05) is 5.32 Å². The molecule has 0 heterocycles. The van der Waals surface area contributed by atoms with E-state index in [2.05, 4.69) is 5.32 Å². The Balaban J connectivity index is 1.67. The van der Waals surface area contributed by atoms with E-state index < -0.39 is 5.97 Å². The van der Waals surface area contributed by atoms with Crippen molar-refractivity contribution in [3.05, 3.63) is 92.4 Å². The number of hydrogen-bond donors (Lipinski definition) is 2. The summed E-state index contributed by atoms with van der Waals surface area (Å²) in [5.74, 6) is -0.633. The minimum absolute atomic E-state index is 0.0539. The van der Waals surface area contributed by atoms with Gasteiger partial charge in [0.15, 0.2) is 5.75 Å². The molecule has 0 atom stereocenters. The zero-order valence-electron chi connectivity index (χ0n) is 14.6. The maximum Gasteiger partial charge on any atom is 0.337 e. The number of hydrogen-bond acceptors (Lipinski definition) is 3. The number of nitrogens with one attached hydrogen (secondary N) is 1. The lowest BCUT2D eigenvalue weighted by molar-refractivity contribution is 0.0697. The van der Waals surface area contributed by atoms with Gasteiger partial charge < -0.3 is 15.2 Å². The molecule has 0 saturated heterocycles. The molecular formula is C21H16Cl3NO3. The van der Waals surface area contributed by atoms with Crippen LogP contribution in [0.15, 0.2) is 60.7 Å². The van der Waals surface area contributed by atoms with Gasteiger partial charge in [0.25, 0.3) is 0 Å². The Bertz CT molecular complexity index is 970. The summed E-state index contributed by atoms with van der Waals surface area (Å²) in [6.07, 6.45) is 0. The highest BCUT2D eigenvalue weighted by Crippen LogP contribution is 2.35. The standard InChI is InChI=1S/C21H16Cl3NO3/c22-17-10-15(6-7-16(17)21(26)27)25-11-14-8-18(23)20(19(24)9-14)28-12-13-4-2-1-3-5-13/h1-10,25H,11-12H2,(H,26,27). The van der Waals surface area contributed by atoms with E-state index in [1.165, 1.54) is 6.07 Å². The van der Waals surface area contributed by atoms with Crippen molar-refractivity contribution in [1.29, 1.82) is 0 Å². The van der Waals surface area contributed by atoms with Crippen LogP contribution in [0, 0.1) is 0 Å². The Morgan fingerprint density at radius 3 is 2.18 bits per heavy atom. The Morgan fingerprint density at radius 1 is 0.893 bits per heavy atom. The van der Waals surface area contributed by atoms with E-state index >= 15 is 0 Å². The SMILES string of the molecule is O=C(O)c1ccc(NCc2cc(Cl)c(OCc3ccccc3)c(Cl)c2)cc1Cl. The third-order valence-electron chi connectivity index (χ3n) is 3.98. The van der Waals surface area contributed by atoms with Gasteiger partial charge >= 0.3 is 5.97 Å². The Kier molecular flexibility index (Phi) is 6.68. The zero-order valence-corrected chi connectivity index (χ0v) is 16.9. The second-order valence-corrected chi connectivity index (χ2v) is 7.24. The van der Waals surface area contributed by atoms with E-state index in [0.717, 1.165) is 11.1 Å². The van der Waals surface area contributed by atoms with Crippen molar-refractivity contribution in [1.82, 2.24) is 0 Å². The first kappa shape index (κ1) is 20.3. The van der Waals surface area contributed by atoms with Crippen LogP contribution < -0.4 is 10.1 Å². The Hall–Kier alpha value is -2.40. The number of ether oxygens (including phenoxy) is 1. The van der Waals surface area contributed by atoms with Gasteiger partial charge in [0.1, 0.15) is 6.61 Å². The van der Waals surface area contributed by atoms with Crippen LogP contribution in [0.4, 0.5) is 5.69 Å². The number of carboxylic acid groups (broad SMARTS) is 1. The monoisotopic (exact) mass is 435 g/mol. The van der Waals surface area contributed by atoms with E-state index in [1.807, 2.05) is 30.3 Å². The maximum absolute atomic E-state index is 11.0. The molecule has 144 valence electrons. The lowest BCUT2D eigenvalue weighted by Crippen LogP contribution is -2.03. The van der Waals surface area contributed by atoms with E-state index in [4.69, 9.17) is 44.6 Å². The summed E-state index contributed by atoms with van der Waals surface area (Å²) in [5, 5.41) is 13.2. The van der Waals surface area contributed by atoms with E-state index in [9.17, 15) is 4.79 Å². The van der Waals surface area contributed by atoms with Crippen molar-refractivity contribution < 1.29 is 14.6 Å².